The summed E-state index contributed by atoms with van der Waals surface area (Å²) in [6.45, 7) is 5.96. The molecule has 174 valence electrons. The molecule has 1 unspecified atom stereocenters. The number of halogens is 3. The topological polar surface area (TPSA) is 76.3 Å². The van der Waals surface area contributed by atoms with E-state index in [0.29, 0.717) is 16.3 Å². The Kier molecular flexibility index (Phi) is 7.53. The van der Waals surface area contributed by atoms with Gasteiger partial charge in [0.15, 0.2) is 11.6 Å². The molecule has 3 aromatic rings. The highest BCUT2D eigenvalue weighted by Gasteiger charge is 2.20. The van der Waals surface area contributed by atoms with Gasteiger partial charge in [0.05, 0.1) is 5.02 Å². The van der Waals surface area contributed by atoms with E-state index in [1.165, 1.54) is 38.1 Å². The molecule has 0 aliphatic carbocycles. The van der Waals surface area contributed by atoms with Gasteiger partial charge in [0.2, 0.25) is 0 Å². The zero-order valence-electron chi connectivity index (χ0n) is 18.3. The maximum atomic E-state index is 13.9. The first kappa shape index (κ1) is 23.5. The molecule has 1 aliphatic heterocycles. The number of pyridine rings is 2. The molecule has 1 atom stereocenters. The molecular weight excluding hydrogens is 464 g/mol. The summed E-state index contributed by atoms with van der Waals surface area (Å²) in [5, 5.41) is 3.60. The van der Waals surface area contributed by atoms with Crippen molar-refractivity contribution in [2.24, 2.45) is 0 Å². The smallest absolute Gasteiger partial charge is 0.166 e. The summed E-state index contributed by atoms with van der Waals surface area (Å²) in [7, 11) is 0. The quantitative estimate of drug-likeness (QED) is 0.388. The SMILES string of the molecule is CC(Oc1cc(-c2ccc(NCCN3CCCC3)nc2)cnc1N)c1c(Cl)ccc(F)c1Cl. The summed E-state index contributed by atoms with van der Waals surface area (Å²) in [4.78, 5) is 11.2. The second-order valence-electron chi connectivity index (χ2n) is 8.03. The zero-order chi connectivity index (χ0) is 23.4. The van der Waals surface area contributed by atoms with E-state index in [-0.39, 0.29) is 10.8 Å². The Morgan fingerprint density at radius 1 is 1.12 bits per heavy atom. The summed E-state index contributed by atoms with van der Waals surface area (Å²) in [6, 6.07) is 8.34. The van der Waals surface area contributed by atoms with Crippen molar-refractivity contribution in [1.82, 2.24) is 14.9 Å². The van der Waals surface area contributed by atoms with Crippen LogP contribution >= 0.6 is 23.2 Å². The summed E-state index contributed by atoms with van der Waals surface area (Å²) >= 11 is 12.3. The Bertz CT molecular complexity index is 1110. The van der Waals surface area contributed by atoms with Gasteiger partial charge in [-0.2, -0.15) is 0 Å². The van der Waals surface area contributed by atoms with Gasteiger partial charge in [-0.05, 0) is 63.2 Å². The number of hydrogen-bond acceptors (Lipinski definition) is 6. The number of nitrogens with two attached hydrogens (primary N) is 1. The lowest BCUT2D eigenvalue weighted by Gasteiger charge is -2.19. The van der Waals surface area contributed by atoms with Crippen LogP contribution in [0.3, 0.4) is 0 Å². The molecular formula is C24H26Cl2FN5O. The molecule has 0 spiro atoms. The number of likely N-dealkylation sites (tertiary alicyclic amines) is 1. The van der Waals surface area contributed by atoms with E-state index in [1.807, 2.05) is 12.1 Å². The van der Waals surface area contributed by atoms with Gasteiger partial charge in [-0.1, -0.05) is 23.2 Å². The molecule has 1 saturated heterocycles. The average Bonchev–Trinajstić information content (AvgIpc) is 3.32. The van der Waals surface area contributed by atoms with Gasteiger partial charge in [0.25, 0.3) is 0 Å². The summed E-state index contributed by atoms with van der Waals surface area (Å²) in [6.07, 6.45) is 5.37. The standard InChI is InChI=1S/C24H26Cl2FN5O/c1-15(22-18(25)5-6-19(27)23(22)26)33-20-12-17(14-31-24(20)28)16-4-7-21(30-13-16)29-8-11-32-9-2-3-10-32/h4-7,12-15H,2-3,8-11H2,1H3,(H2,28,31)(H,29,30). The highest BCUT2D eigenvalue weighted by Crippen LogP contribution is 2.36. The van der Waals surface area contributed by atoms with E-state index in [4.69, 9.17) is 33.7 Å². The lowest BCUT2D eigenvalue weighted by atomic mass is 10.1. The second-order valence-corrected chi connectivity index (χ2v) is 8.82. The number of aromatic nitrogens is 2. The Morgan fingerprint density at radius 3 is 2.61 bits per heavy atom. The Balaban J connectivity index is 1.45. The van der Waals surface area contributed by atoms with Crippen molar-refractivity contribution in [2.45, 2.75) is 25.9 Å². The predicted molar refractivity (Wildman–Crippen MR) is 132 cm³/mol. The molecule has 9 heteroatoms. The van der Waals surface area contributed by atoms with Crippen molar-refractivity contribution in [3.8, 4) is 16.9 Å². The van der Waals surface area contributed by atoms with Gasteiger partial charge in [-0.15, -0.1) is 0 Å². The number of anilines is 2. The second kappa shape index (κ2) is 10.5. The first-order valence-corrected chi connectivity index (χ1v) is 11.7. The van der Waals surface area contributed by atoms with Gasteiger partial charge < -0.3 is 20.7 Å². The maximum Gasteiger partial charge on any atom is 0.166 e. The molecule has 33 heavy (non-hydrogen) atoms. The van der Waals surface area contributed by atoms with E-state index >= 15 is 0 Å². The summed E-state index contributed by atoms with van der Waals surface area (Å²) in [5.74, 6) is 0.819. The number of benzene rings is 1. The fourth-order valence-electron chi connectivity index (χ4n) is 3.89. The minimum atomic E-state index is -0.639. The fourth-order valence-corrected chi connectivity index (χ4v) is 4.57. The molecule has 3 heterocycles. The first-order valence-electron chi connectivity index (χ1n) is 10.9. The number of nitrogens with one attached hydrogen (secondary N) is 1. The third-order valence-electron chi connectivity index (χ3n) is 5.70. The van der Waals surface area contributed by atoms with Crippen molar-refractivity contribution in [1.29, 1.82) is 0 Å². The van der Waals surface area contributed by atoms with Crippen LogP contribution < -0.4 is 15.8 Å². The molecule has 4 rings (SSSR count). The number of rotatable bonds is 8. The van der Waals surface area contributed by atoms with Crippen molar-refractivity contribution >= 4 is 34.8 Å². The van der Waals surface area contributed by atoms with Gasteiger partial charge in [0.1, 0.15) is 17.7 Å². The molecule has 1 aliphatic rings. The fraction of sp³-hybridized carbons (Fsp3) is 0.333. The Hall–Kier alpha value is -2.61. The molecule has 1 aromatic carbocycles. The zero-order valence-corrected chi connectivity index (χ0v) is 19.8. The number of ether oxygens (including phenoxy) is 1. The first-order chi connectivity index (χ1) is 15.9. The highest BCUT2D eigenvalue weighted by atomic mass is 35.5. The van der Waals surface area contributed by atoms with Gasteiger partial charge in [-0.25, -0.2) is 14.4 Å². The molecule has 0 bridgehead atoms. The van der Waals surface area contributed by atoms with Gasteiger partial charge in [-0.3, -0.25) is 0 Å². The van der Waals surface area contributed by atoms with Crippen LogP contribution in [0.1, 0.15) is 31.4 Å². The van der Waals surface area contributed by atoms with E-state index in [0.717, 1.165) is 30.0 Å². The maximum absolute atomic E-state index is 13.9. The normalized spacial score (nSPS) is 14.9. The Morgan fingerprint density at radius 2 is 1.88 bits per heavy atom. The largest absolute Gasteiger partial charge is 0.482 e. The number of nitrogen functional groups attached to an aromatic ring is 1. The van der Waals surface area contributed by atoms with Crippen LogP contribution in [0.2, 0.25) is 10.0 Å². The van der Waals surface area contributed by atoms with Crippen LogP contribution in [0.25, 0.3) is 11.1 Å². The lowest BCUT2D eigenvalue weighted by molar-refractivity contribution is 0.227. The van der Waals surface area contributed by atoms with E-state index in [2.05, 4.69) is 20.2 Å². The molecule has 1 fully saturated rings. The van der Waals surface area contributed by atoms with E-state index in [1.54, 1.807) is 25.4 Å². The molecule has 0 radical (unpaired) electrons. The van der Waals surface area contributed by atoms with E-state index < -0.39 is 11.9 Å². The monoisotopic (exact) mass is 489 g/mol. The third-order valence-corrected chi connectivity index (χ3v) is 6.41. The highest BCUT2D eigenvalue weighted by molar-refractivity contribution is 6.36. The van der Waals surface area contributed by atoms with Crippen molar-refractivity contribution < 1.29 is 9.13 Å². The van der Waals surface area contributed by atoms with Crippen molar-refractivity contribution in [3.63, 3.8) is 0 Å². The minimum absolute atomic E-state index is 0.0743. The van der Waals surface area contributed by atoms with Crippen LogP contribution in [-0.2, 0) is 0 Å². The summed E-state index contributed by atoms with van der Waals surface area (Å²) in [5.41, 5.74) is 8.04. The van der Waals surface area contributed by atoms with Gasteiger partial charge >= 0.3 is 0 Å². The van der Waals surface area contributed by atoms with Crippen LogP contribution in [0.4, 0.5) is 16.0 Å². The van der Waals surface area contributed by atoms with Gasteiger partial charge in [0, 0.05) is 47.2 Å². The summed E-state index contributed by atoms with van der Waals surface area (Å²) < 4.78 is 19.9. The average molecular weight is 490 g/mol. The molecule has 0 amide bonds. The molecule has 2 aromatic heterocycles. The third kappa shape index (κ3) is 5.66. The van der Waals surface area contributed by atoms with Crippen LogP contribution in [0.15, 0.2) is 42.7 Å². The van der Waals surface area contributed by atoms with Crippen LogP contribution in [0.5, 0.6) is 5.75 Å². The Labute approximate surface area is 202 Å². The van der Waals surface area contributed by atoms with Crippen molar-refractivity contribution in [3.05, 3.63) is 64.2 Å². The van der Waals surface area contributed by atoms with Crippen LogP contribution in [-0.4, -0.2) is 41.0 Å². The minimum Gasteiger partial charge on any atom is -0.482 e. The molecule has 6 nitrogen and oxygen atoms in total. The number of nitrogens with zero attached hydrogens (tertiary/aromatic N) is 3. The number of hydrogen-bond donors (Lipinski definition) is 2. The lowest BCUT2D eigenvalue weighted by Crippen LogP contribution is -2.26. The van der Waals surface area contributed by atoms with Crippen molar-refractivity contribution in [2.75, 3.05) is 37.2 Å². The predicted octanol–water partition coefficient (Wildman–Crippen LogP) is 5.82. The van der Waals surface area contributed by atoms with Crippen LogP contribution in [0, 0.1) is 5.82 Å². The van der Waals surface area contributed by atoms with E-state index in [9.17, 15) is 4.39 Å². The molecule has 0 saturated carbocycles. The molecule has 3 N–H and O–H groups in total.